The average molecular weight is 665 g/mol. The van der Waals surface area contributed by atoms with Crippen molar-refractivity contribution in [3.05, 3.63) is 95.3 Å². The number of nitrogens with two attached hydrogens (primary N) is 1. The van der Waals surface area contributed by atoms with Crippen molar-refractivity contribution in [3.63, 3.8) is 0 Å². The quantitative estimate of drug-likeness (QED) is 0.177. The summed E-state index contributed by atoms with van der Waals surface area (Å²) in [5.41, 5.74) is 7.43. The molecule has 5 N–H and O–H groups in total. The number of amides is 2. The Bertz CT molecular complexity index is 1430. The van der Waals surface area contributed by atoms with Crippen molar-refractivity contribution in [1.29, 1.82) is 0 Å². The maximum atomic E-state index is 14.9. The zero-order chi connectivity index (χ0) is 34.0. The van der Waals surface area contributed by atoms with Gasteiger partial charge in [-0.2, -0.15) is 0 Å². The van der Waals surface area contributed by atoms with E-state index < -0.39 is 66.0 Å². The minimum Gasteiger partial charge on any atom is -0.486 e. The number of halogens is 5. The fourth-order valence-electron chi connectivity index (χ4n) is 5.01. The van der Waals surface area contributed by atoms with Crippen LogP contribution in [0.4, 0.5) is 32.4 Å². The van der Waals surface area contributed by atoms with E-state index in [0.29, 0.717) is 11.1 Å². The lowest BCUT2D eigenvalue weighted by molar-refractivity contribution is -0.117. The minimum absolute atomic E-state index is 0.00739. The summed E-state index contributed by atoms with van der Waals surface area (Å²) in [6, 6.07) is 13.1. The molecule has 1 fully saturated rings. The molecule has 1 aliphatic rings. The van der Waals surface area contributed by atoms with E-state index in [2.05, 4.69) is 16.0 Å². The van der Waals surface area contributed by atoms with Crippen molar-refractivity contribution in [2.45, 2.75) is 49.8 Å². The van der Waals surface area contributed by atoms with Crippen molar-refractivity contribution in [3.8, 4) is 5.75 Å². The molecule has 3 aromatic carbocycles. The number of alkyl carbamates (subject to hydrolysis) is 1. The van der Waals surface area contributed by atoms with Crippen LogP contribution in [0.2, 0.25) is 0 Å². The molecular weight excluding hydrogens is 627 g/mol. The molecule has 4 rings (SSSR count). The lowest BCUT2D eigenvalue weighted by Crippen LogP contribution is -2.51. The molecule has 2 amide bonds. The van der Waals surface area contributed by atoms with Crippen molar-refractivity contribution < 1.29 is 45.8 Å². The highest BCUT2D eigenvalue weighted by Crippen LogP contribution is 2.32. The molecule has 1 heterocycles. The van der Waals surface area contributed by atoms with Crippen LogP contribution in [-0.2, 0) is 14.3 Å². The Morgan fingerprint density at radius 2 is 1.64 bits per heavy atom. The Kier molecular flexibility index (Phi) is 12.5. The van der Waals surface area contributed by atoms with Crippen LogP contribution in [0.3, 0.4) is 0 Å². The van der Waals surface area contributed by atoms with Crippen LogP contribution < -0.4 is 26.4 Å². The van der Waals surface area contributed by atoms with E-state index in [1.54, 1.807) is 6.92 Å². The monoisotopic (exact) mass is 664 g/mol. The van der Waals surface area contributed by atoms with Crippen LogP contribution in [-0.4, -0.2) is 69.0 Å². The number of benzene rings is 3. The smallest absolute Gasteiger partial charge is 0.407 e. The molecule has 0 radical (unpaired) electrons. The molecule has 47 heavy (non-hydrogen) atoms. The van der Waals surface area contributed by atoms with E-state index in [1.807, 2.05) is 0 Å². The molecular formula is C33H37F5N4O5. The Hall–Kier alpha value is -4.27. The summed E-state index contributed by atoms with van der Waals surface area (Å²) in [5, 5.41) is 7.75. The maximum absolute atomic E-state index is 14.9. The van der Waals surface area contributed by atoms with E-state index in [1.165, 1.54) is 60.7 Å². The van der Waals surface area contributed by atoms with E-state index in [0.717, 1.165) is 6.07 Å². The topological polar surface area (TPSA) is 124 Å². The molecule has 3 atom stereocenters. The number of carbonyl (C=O) groups excluding carboxylic acids is 2. The van der Waals surface area contributed by atoms with Crippen molar-refractivity contribution in [2.24, 2.45) is 5.73 Å². The average Bonchev–Trinajstić information content (AvgIpc) is 3.05. The first-order valence-electron chi connectivity index (χ1n) is 15.1. The summed E-state index contributed by atoms with van der Waals surface area (Å²) in [4.78, 5) is 25.2. The van der Waals surface area contributed by atoms with Crippen LogP contribution in [0, 0.1) is 17.5 Å². The number of carbonyl (C=O) groups is 2. The van der Waals surface area contributed by atoms with Gasteiger partial charge in [-0.25, -0.2) is 26.7 Å². The van der Waals surface area contributed by atoms with Crippen molar-refractivity contribution in [2.75, 3.05) is 38.2 Å². The number of ether oxygens (including phenoxy) is 3. The number of nitrogens with one attached hydrogen (secondary N) is 3. The normalized spacial score (nSPS) is 17.2. The standard InChI is InChI=1S/C33H37F5N4O5/c1-2-14-33(37,38)19-41-32(44)47-17-24-16-45-25(15-40-24)18-46-30-26(36)4-3-5-27(30)42-31(43)29(39)28(20-6-10-22(34)11-7-20)21-8-12-23(35)13-9-21/h3-13,24-25,28-29,40H,2,14-19,39H2,1H3,(H,41,44)(H,42,43)/t24-,25-,29-/m0/s1. The summed E-state index contributed by atoms with van der Waals surface area (Å²) in [6.07, 6.45) is -1.58. The van der Waals surface area contributed by atoms with Gasteiger partial charge in [-0.05, 0) is 47.5 Å². The predicted molar refractivity (Wildman–Crippen MR) is 164 cm³/mol. The summed E-state index contributed by atoms with van der Waals surface area (Å²) >= 11 is 0. The maximum Gasteiger partial charge on any atom is 0.407 e. The number of morpholine rings is 1. The Balaban J connectivity index is 1.32. The first kappa shape index (κ1) is 35.6. The summed E-state index contributed by atoms with van der Waals surface area (Å²) < 4.78 is 85.8. The van der Waals surface area contributed by atoms with Crippen molar-refractivity contribution >= 4 is 17.7 Å². The van der Waals surface area contributed by atoms with E-state index in [-0.39, 0.29) is 50.6 Å². The van der Waals surface area contributed by atoms with Gasteiger partial charge in [0.25, 0.3) is 5.92 Å². The molecule has 254 valence electrons. The highest BCUT2D eigenvalue weighted by molar-refractivity contribution is 5.97. The highest BCUT2D eigenvalue weighted by atomic mass is 19.3. The largest absolute Gasteiger partial charge is 0.486 e. The van der Waals surface area contributed by atoms with Crippen LogP contribution in [0.25, 0.3) is 0 Å². The number of para-hydroxylation sites is 1. The third-order valence-corrected chi connectivity index (χ3v) is 7.45. The van der Waals surface area contributed by atoms with Gasteiger partial charge in [-0.15, -0.1) is 0 Å². The first-order valence-corrected chi connectivity index (χ1v) is 15.1. The Morgan fingerprint density at radius 1 is 1.00 bits per heavy atom. The van der Waals surface area contributed by atoms with Gasteiger partial charge in [0.1, 0.15) is 31.0 Å². The third kappa shape index (κ3) is 10.4. The van der Waals surface area contributed by atoms with Gasteiger partial charge in [0, 0.05) is 18.9 Å². The summed E-state index contributed by atoms with van der Waals surface area (Å²) in [7, 11) is 0. The first-order chi connectivity index (χ1) is 22.5. The molecule has 14 heteroatoms. The summed E-state index contributed by atoms with van der Waals surface area (Å²) in [6.45, 7) is 0.895. The van der Waals surface area contributed by atoms with Gasteiger partial charge in [-0.3, -0.25) is 4.79 Å². The second-order valence-corrected chi connectivity index (χ2v) is 11.1. The van der Waals surface area contributed by atoms with Gasteiger partial charge >= 0.3 is 6.09 Å². The zero-order valence-electron chi connectivity index (χ0n) is 25.6. The third-order valence-electron chi connectivity index (χ3n) is 7.45. The van der Waals surface area contributed by atoms with E-state index in [4.69, 9.17) is 19.9 Å². The van der Waals surface area contributed by atoms with E-state index in [9.17, 15) is 31.5 Å². The lowest BCUT2D eigenvalue weighted by Gasteiger charge is -2.30. The zero-order valence-corrected chi connectivity index (χ0v) is 25.6. The number of hydrogen-bond donors (Lipinski definition) is 4. The van der Waals surface area contributed by atoms with Gasteiger partial charge in [0.15, 0.2) is 11.6 Å². The molecule has 9 nitrogen and oxygen atoms in total. The summed E-state index contributed by atoms with van der Waals surface area (Å²) in [5.74, 6) is -6.48. The Morgan fingerprint density at radius 3 is 2.21 bits per heavy atom. The molecule has 1 aliphatic heterocycles. The number of hydrogen-bond acceptors (Lipinski definition) is 7. The number of anilines is 1. The predicted octanol–water partition coefficient (Wildman–Crippen LogP) is 5.10. The minimum atomic E-state index is -3.02. The highest BCUT2D eigenvalue weighted by Gasteiger charge is 2.31. The van der Waals surface area contributed by atoms with E-state index >= 15 is 0 Å². The van der Waals surface area contributed by atoms with Gasteiger partial charge in [-0.1, -0.05) is 43.7 Å². The molecule has 1 saturated heterocycles. The molecule has 3 aromatic rings. The van der Waals surface area contributed by atoms with Crippen LogP contribution >= 0.6 is 0 Å². The molecule has 0 aliphatic carbocycles. The van der Waals surface area contributed by atoms with Gasteiger partial charge in [0.05, 0.1) is 30.9 Å². The number of rotatable bonds is 14. The van der Waals surface area contributed by atoms with Gasteiger partial charge in [0.2, 0.25) is 5.91 Å². The fraction of sp³-hybridized carbons (Fsp3) is 0.394. The van der Waals surface area contributed by atoms with Crippen LogP contribution in [0.1, 0.15) is 36.8 Å². The molecule has 0 bridgehead atoms. The Labute approximate surface area is 268 Å². The fourth-order valence-corrected chi connectivity index (χ4v) is 5.01. The molecule has 0 spiro atoms. The molecule has 0 aromatic heterocycles. The second kappa shape index (κ2) is 16.5. The number of alkyl halides is 2. The SMILES string of the molecule is CCCC(F)(F)CNC(=O)OC[C@@H]1CO[C@H](COc2c(F)cccc2NC(=O)[C@@H](N)C(c2ccc(F)cc2)c2ccc(F)cc2)CN1. The van der Waals surface area contributed by atoms with Gasteiger partial charge < -0.3 is 35.9 Å². The second-order valence-electron chi connectivity index (χ2n) is 11.1. The molecule has 0 unspecified atom stereocenters. The molecule has 0 saturated carbocycles. The van der Waals surface area contributed by atoms with Crippen LogP contribution in [0.5, 0.6) is 5.75 Å². The van der Waals surface area contributed by atoms with Crippen LogP contribution in [0.15, 0.2) is 66.7 Å². The van der Waals surface area contributed by atoms with Crippen molar-refractivity contribution in [1.82, 2.24) is 10.6 Å². The lowest BCUT2D eigenvalue weighted by atomic mass is 9.85.